The minimum atomic E-state index is -4.81. The summed E-state index contributed by atoms with van der Waals surface area (Å²) in [5.41, 5.74) is 0. The zero-order chi connectivity index (χ0) is 14.3. The molecule has 0 N–H and O–H groups in total. The molecule has 0 unspecified atom stereocenters. The van der Waals surface area contributed by atoms with Gasteiger partial charge in [-0.2, -0.15) is 8.78 Å². The van der Waals surface area contributed by atoms with Crippen molar-refractivity contribution < 1.29 is 31.9 Å². The Hall–Kier alpha value is -0.700. The number of rotatable bonds is 8. The second kappa shape index (κ2) is 7.67. The summed E-state index contributed by atoms with van der Waals surface area (Å²) < 4.78 is 54.4. The third kappa shape index (κ3) is 4.89. The second-order valence-electron chi connectivity index (χ2n) is 3.32. The van der Waals surface area contributed by atoms with Crippen LogP contribution in [0.4, 0.5) is 17.6 Å². The summed E-state index contributed by atoms with van der Waals surface area (Å²) in [5, 5.41) is -0.163. The zero-order valence-corrected chi connectivity index (χ0v) is 11.1. The van der Waals surface area contributed by atoms with Crippen LogP contribution in [-0.4, -0.2) is 61.1 Å². The van der Waals surface area contributed by atoms with Crippen molar-refractivity contribution in [2.75, 3.05) is 32.1 Å². The first kappa shape index (κ1) is 17.3. The number of hydrogen-bond donors (Lipinski definition) is 0. The van der Waals surface area contributed by atoms with Gasteiger partial charge in [-0.3, -0.25) is 9.59 Å². The molecule has 0 aliphatic carbocycles. The molecule has 18 heavy (non-hydrogen) atoms. The van der Waals surface area contributed by atoms with Crippen LogP contribution in [0.5, 0.6) is 0 Å². The van der Waals surface area contributed by atoms with Crippen molar-refractivity contribution in [3.63, 3.8) is 0 Å². The van der Waals surface area contributed by atoms with Gasteiger partial charge in [0.25, 0.3) is 5.91 Å². The minimum absolute atomic E-state index is 0.138. The molecule has 0 bridgehead atoms. The Kier molecular flexibility index (Phi) is 7.37. The molecular formula is C9H12BrF4NO3. The van der Waals surface area contributed by atoms with Crippen molar-refractivity contribution in [3.05, 3.63) is 0 Å². The van der Waals surface area contributed by atoms with Gasteiger partial charge in [-0.05, 0) is 0 Å². The average Bonchev–Trinajstić information content (AvgIpc) is 2.32. The van der Waals surface area contributed by atoms with Crippen LogP contribution in [0.3, 0.4) is 0 Å². The Labute approximate surface area is 109 Å². The van der Waals surface area contributed by atoms with Gasteiger partial charge < -0.3 is 9.64 Å². The molecule has 0 fully saturated rings. The number of halogens is 5. The smallest absolute Gasteiger partial charge is 0.383 e. The highest BCUT2D eigenvalue weighted by Gasteiger charge is 2.51. The summed E-state index contributed by atoms with van der Waals surface area (Å²) >= 11 is 2.79. The number of methoxy groups -OCH3 is 1. The predicted molar refractivity (Wildman–Crippen MR) is 58.2 cm³/mol. The summed E-state index contributed by atoms with van der Waals surface area (Å²) in [6, 6.07) is 0. The number of amides is 1. The largest absolute Gasteiger partial charge is 0.383 e. The molecule has 0 atom stereocenters. The number of Topliss-reactive ketones (excluding diaryl/α,β-unsaturated/α-hetero) is 1. The molecule has 0 aliphatic heterocycles. The number of ether oxygens (including phenoxy) is 1. The van der Waals surface area contributed by atoms with E-state index in [4.69, 9.17) is 0 Å². The fourth-order valence-corrected chi connectivity index (χ4v) is 1.19. The summed E-state index contributed by atoms with van der Waals surface area (Å²) in [6.07, 6.45) is -4.12. The lowest BCUT2D eigenvalue weighted by Gasteiger charge is -2.25. The van der Waals surface area contributed by atoms with Gasteiger partial charge in [0.1, 0.15) is 0 Å². The van der Waals surface area contributed by atoms with Crippen molar-refractivity contribution in [2.45, 2.75) is 12.3 Å². The van der Waals surface area contributed by atoms with Crippen LogP contribution < -0.4 is 0 Å². The number of ketones is 1. The van der Waals surface area contributed by atoms with E-state index in [9.17, 15) is 27.2 Å². The average molecular weight is 338 g/mol. The van der Waals surface area contributed by atoms with Crippen LogP contribution in [0.15, 0.2) is 0 Å². The van der Waals surface area contributed by atoms with E-state index in [0.29, 0.717) is 4.90 Å². The van der Waals surface area contributed by atoms with E-state index in [1.54, 1.807) is 0 Å². The van der Waals surface area contributed by atoms with E-state index in [2.05, 4.69) is 20.7 Å². The maximum absolute atomic E-state index is 12.9. The Balaban J connectivity index is 4.83. The van der Waals surface area contributed by atoms with E-state index >= 15 is 0 Å². The van der Waals surface area contributed by atoms with E-state index in [-0.39, 0.29) is 18.5 Å². The highest BCUT2D eigenvalue weighted by molar-refractivity contribution is 9.09. The zero-order valence-electron chi connectivity index (χ0n) is 9.47. The van der Waals surface area contributed by atoms with Gasteiger partial charge in [0.05, 0.1) is 18.5 Å². The molecule has 1 amide bonds. The molecule has 0 saturated carbocycles. The second-order valence-corrected chi connectivity index (χ2v) is 3.88. The number of alkyl halides is 5. The fraction of sp³-hybridized carbons (Fsp3) is 0.778. The number of nitrogens with zero attached hydrogens (tertiary/aromatic N) is 1. The highest BCUT2D eigenvalue weighted by atomic mass is 79.9. The summed E-state index contributed by atoms with van der Waals surface area (Å²) in [4.78, 5) is 22.7. The SMILES string of the molecule is COCCN(CC(=O)CBr)C(=O)C(F)(F)C(F)F. The van der Waals surface area contributed by atoms with Crippen molar-refractivity contribution >= 4 is 27.6 Å². The minimum Gasteiger partial charge on any atom is -0.383 e. The summed E-state index contributed by atoms with van der Waals surface area (Å²) in [7, 11) is 1.25. The van der Waals surface area contributed by atoms with Crippen LogP contribution in [0, 0.1) is 0 Å². The van der Waals surface area contributed by atoms with Crippen LogP contribution in [0.25, 0.3) is 0 Å². The maximum atomic E-state index is 12.9. The van der Waals surface area contributed by atoms with E-state index in [0.717, 1.165) is 0 Å². The first-order chi connectivity index (χ1) is 8.27. The molecule has 4 nitrogen and oxygen atoms in total. The Morgan fingerprint density at radius 2 is 1.94 bits per heavy atom. The highest BCUT2D eigenvalue weighted by Crippen LogP contribution is 2.25. The molecule has 0 aromatic heterocycles. The number of hydrogen-bond acceptors (Lipinski definition) is 3. The first-order valence-corrected chi connectivity index (χ1v) is 5.91. The van der Waals surface area contributed by atoms with Gasteiger partial charge in [-0.25, -0.2) is 8.78 Å². The van der Waals surface area contributed by atoms with Gasteiger partial charge in [0.15, 0.2) is 5.78 Å². The molecule has 0 spiro atoms. The van der Waals surface area contributed by atoms with Crippen LogP contribution in [-0.2, 0) is 14.3 Å². The van der Waals surface area contributed by atoms with E-state index in [1.165, 1.54) is 7.11 Å². The molecule has 9 heteroatoms. The standard InChI is InChI=1S/C9H12BrF4NO3/c1-18-3-2-15(5-6(16)4-10)8(17)9(13,14)7(11)12/h7H,2-5H2,1H3. The van der Waals surface area contributed by atoms with Crippen molar-refractivity contribution in [1.29, 1.82) is 0 Å². The Morgan fingerprint density at radius 1 is 1.39 bits per heavy atom. The summed E-state index contributed by atoms with van der Waals surface area (Å²) in [6.45, 7) is -1.17. The van der Waals surface area contributed by atoms with Gasteiger partial charge in [0.2, 0.25) is 0 Å². The lowest BCUT2D eigenvalue weighted by molar-refractivity contribution is -0.181. The van der Waals surface area contributed by atoms with E-state index in [1.807, 2.05) is 0 Å². The molecule has 0 rings (SSSR count). The Morgan fingerprint density at radius 3 is 2.33 bits per heavy atom. The fourth-order valence-electron chi connectivity index (χ4n) is 1.01. The first-order valence-electron chi connectivity index (χ1n) is 4.79. The van der Waals surface area contributed by atoms with Crippen molar-refractivity contribution in [1.82, 2.24) is 4.90 Å². The van der Waals surface area contributed by atoms with Gasteiger partial charge >= 0.3 is 12.3 Å². The quantitative estimate of drug-likeness (QED) is 0.496. The molecule has 0 aromatic rings. The maximum Gasteiger partial charge on any atom is 0.383 e. The number of carbonyl (C=O) groups is 2. The molecule has 0 aliphatic rings. The van der Waals surface area contributed by atoms with Crippen molar-refractivity contribution in [2.24, 2.45) is 0 Å². The topological polar surface area (TPSA) is 46.6 Å². The lowest BCUT2D eigenvalue weighted by atomic mass is 10.2. The molecular weight excluding hydrogens is 326 g/mol. The van der Waals surface area contributed by atoms with Crippen LogP contribution in [0.1, 0.15) is 0 Å². The van der Waals surface area contributed by atoms with Crippen LogP contribution >= 0.6 is 15.9 Å². The Bertz CT molecular complexity index is 302. The summed E-state index contributed by atoms with van der Waals surface area (Å²) in [5.74, 6) is -7.46. The predicted octanol–water partition coefficient (Wildman–Crippen LogP) is 1.33. The third-order valence-electron chi connectivity index (χ3n) is 1.93. The molecule has 0 heterocycles. The third-order valence-corrected chi connectivity index (χ3v) is 2.55. The molecule has 0 saturated heterocycles. The van der Waals surface area contributed by atoms with E-state index < -0.39 is 30.6 Å². The normalized spacial score (nSPS) is 11.7. The monoisotopic (exact) mass is 337 g/mol. The van der Waals surface area contributed by atoms with Gasteiger partial charge in [-0.15, -0.1) is 0 Å². The molecule has 106 valence electrons. The van der Waals surface area contributed by atoms with Crippen molar-refractivity contribution in [3.8, 4) is 0 Å². The molecule has 0 radical (unpaired) electrons. The number of carbonyl (C=O) groups excluding carboxylic acids is 2. The molecule has 0 aromatic carbocycles. The van der Waals surface area contributed by atoms with Gasteiger partial charge in [0, 0.05) is 13.7 Å². The van der Waals surface area contributed by atoms with Gasteiger partial charge in [-0.1, -0.05) is 15.9 Å². The van der Waals surface area contributed by atoms with Crippen LogP contribution in [0.2, 0.25) is 0 Å². The lowest BCUT2D eigenvalue weighted by Crippen LogP contribution is -2.50.